The van der Waals surface area contributed by atoms with Crippen molar-refractivity contribution in [1.29, 1.82) is 0 Å². The standard InChI is InChI=1S/C20H36O7.Na/c1-3-5-6-7-8-9-10-11-12-13-14-27-18(22)16-20(25,19(23)24)15-17(21)26-4-2;/h25H,3-16H2,1-2H3,(H,23,24);/q;+1/p-1. The van der Waals surface area contributed by atoms with Gasteiger partial charge in [-0.3, -0.25) is 9.59 Å². The molecule has 0 heterocycles. The summed E-state index contributed by atoms with van der Waals surface area (Å²) in [6.07, 6.45) is 9.77. The Labute approximate surface area is 190 Å². The molecular formula is C20H35NaO7. The number of carboxylic acid groups (broad SMARTS) is 1. The molecule has 0 amide bonds. The fourth-order valence-corrected chi connectivity index (χ4v) is 2.72. The molecule has 0 aliphatic heterocycles. The van der Waals surface area contributed by atoms with Crippen LogP contribution in [-0.2, 0) is 23.9 Å². The van der Waals surface area contributed by atoms with Gasteiger partial charge in [0.2, 0.25) is 0 Å². The van der Waals surface area contributed by atoms with Gasteiger partial charge in [-0.05, 0) is 13.3 Å². The Morgan fingerprint density at radius 3 is 1.64 bits per heavy atom. The summed E-state index contributed by atoms with van der Waals surface area (Å²) < 4.78 is 9.56. The minimum atomic E-state index is -2.61. The summed E-state index contributed by atoms with van der Waals surface area (Å²) in [5.74, 6) is -3.68. The van der Waals surface area contributed by atoms with Crippen molar-refractivity contribution in [1.82, 2.24) is 0 Å². The van der Waals surface area contributed by atoms with E-state index in [9.17, 15) is 24.6 Å². The van der Waals surface area contributed by atoms with Gasteiger partial charge in [-0.1, -0.05) is 64.7 Å². The molecule has 1 unspecified atom stereocenters. The molecule has 0 radical (unpaired) electrons. The molecule has 7 nitrogen and oxygen atoms in total. The van der Waals surface area contributed by atoms with Gasteiger partial charge < -0.3 is 24.5 Å². The monoisotopic (exact) mass is 410 g/mol. The molecular weight excluding hydrogens is 375 g/mol. The SMILES string of the molecule is CCCCCCCCCCCCOC(=O)CC(O)(CC(=O)OCC)C(=O)[O-].[Na+]. The summed E-state index contributed by atoms with van der Waals surface area (Å²) in [6.45, 7) is 3.96. The number of esters is 2. The number of hydrogen-bond acceptors (Lipinski definition) is 7. The Bertz CT molecular complexity index is 442. The normalized spacial score (nSPS) is 12.5. The van der Waals surface area contributed by atoms with Gasteiger partial charge in [0.15, 0.2) is 0 Å². The molecule has 28 heavy (non-hydrogen) atoms. The summed E-state index contributed by atoms with van der Waals surface area (Å²) in [5.41, 5.74) is -2.61. The van der Waals surface area contributed by atoms with Crippen LogP contribution in [0.25, 0.3) is 0 Å². The topological polar surface area (TPSA) is 113 Å². The maximum absolute atomic E-state index is 11.7. The van der Waals surface area contributed by atoms with Crippen molar-refractivity contribution in [3.63, 3.8) is 0 Å². The third kappa shape index (κ3) is 15.3. The van der Waals surface area contributed by atoms with Crippen LogP contribution in [0.1, 0.15) is 90.9 Å². The molecule has 0 fully saturated rings. The zero-order chi connectivity index (χ0) is 20.5. The van der Waals surface area contributed by atoms with Gasteiger partial charge in [0, 0.05) is 0 Å². The van der Waals surface area contributed by atoms with Crippen molar-refractivity contribution in [3.8, 4) is 0 Å². The first-order valence-electron chi connectivity index (χ1n) is 10.1. The maximum Gasteiger partial charge on any atom is 1.00 e. The van der Waals surface area contributed by atoms with Gasteiger partial charge in [0.25, 0.3) is 0 Å². The molecule has 0 aliphatic carbocycles. The van der Waals surface area contributed by atoms with Crippen LogP contribution in [0.2, 0.25) is 0 Å². The molecule has 0 rings (SSSR count). The predicted octanol–water partition coefficient (Wildman–Crippen LogP) is -0.721. The minimum Gasteiger partial charge on any atom is -0.547 e. The van der Waals surface area contributed by atoms with Gasteiger partial charge in [-0.15, -0.1) is 0 Å². The molecule has 8 heteroatoms. The first-order chi connectivity index (χ1) is 12.9. The third-order valence-electron chi connectivity index (χ3n) is 4.32. The average Bonchev–Trinajstić information content (AvgIpc) is 2.59. The van der Waals surface area contributed by atoms with E-state index in [1.54, 1.807) is 6.92 Å². The Balaban J connectivity index is 0. The Hall–Kier alpha value is -0.630. The molecule has 0 bridgehead atoms. The molecule has 0 saturated carbocycles. The van der Waals surface area contributed by atoms with E-state index >= 15 is 0 Å². The number of carbonyl (C=O) groups is 3. The molecule has 0 saturated heterocycles. The Morgan fingerprint density at radius 1 is 0.786 bits per heavy atom. The van der Waals surface area contributed by atoms with E-state index in [1.165, 1.54) is 38.5 Å². The van der Waals surface area contributed by atoms with E-state index in [1.807, 2.05) is 0 Å². The second-order valence-electron chi connectivity index (χ2n) is 6.88. The first kappa shape index (κ1) is 29.6. The van der Waals surface area contributed by atoms with E-state index in [0.29, 0.717) is 6.42 Å². The van der Waals surface area contributed by atoms with E-state index in [-0.39, 0.29) is 42.8 Å². The number of unbranched alkanes of at least 4 members (excludes halogenated alkanes) is 9. The molecule has 158 valence electrons. The van der Waals surface area contributed by atoms with Crippen molar-refractivity contribution in [2.24, 2.45) is 0 Å². The summed E-state index contributed by atoms with van der Waals surface area (Å²) in [6, 6.07) is 0. The van der Waals surface area contributed by atoms with Crippen molar-refractivity contribution in [3.05, 3.63) is 0 Å². The zero-order valence-electron chi connectivity index (χ0n) is 17.8. The quantitative estimate of drug-likeness (QED) is 0.191. The van der Waals surface area contributed by atoms with Crippen LogP contribution in [0.5, 0.6) is 0 Å². The summed E-state index contributed by atoms with van der Waals surface area (Å²) in [7, 11) is 0. The van der Waals surface area contributed by atoms with Gasteiger partial charge in [0.05, 0.1) is 32.0 Å². The number of hydrogen-bond donors (Lipinski definition) is 1. The van der Waals surface area contributed by atoms with E-state index in [2.05, 4.69) is 11.7 Å². The number of ether oxygens (including phenoxy) is 2. The van der Waals surface area contributed by atoms with Crippen LogP contribution in [0.15, 0.2) is 0 Å². The smallest absolute Gasteiger partial charge is 0.547 e. The van der Waals surface area contributed by atoms with Crippen molar-refractivity contribution in [2.45, 2.75) is 96.5 Å². The molecule has 1 N–H and O–H groups in total. The molecule has 1 atom stereocenters. The number of carboxylic acids is 1. The first-order valence-corrected chi connectivity index (χ1v) is 10.1. The third-order valence-corrected chi connectivity index (χ3v) is 4.32. The molecule has 0 aromatic heterocycles. The Kier molecular flexibility index (Phi) is 19.4. The molecule has 0 aromatic rings. The van der Waals surface area contributed by atoms with Crippen molar-refractivity contribution < 1.29 is 63.6 Å². The van der Waals surface area contributed by atoms with E-state index < -0.39 is 36.4 Å². The van der Waals surface area contributed by atoms with Crippen molar-refractivity contribution in [2.75, 3.05) is 13.2 Å². The molecule has 0 aromatic carbocycles. The second kappa shape index (κ2) is 18.4. The maximum atomic E-state index is 11.7. The van der Waals surface area contributed by atoms with Crippen LogP contribution in [-0.4, -0.2) is 41.8 Å². The van der Waals surface area contributed by atoms with Crippen LogP contribution in [0, 0.1) is 0 Å². The fourth-order valence-electron chi connectivity index (χ4n) is 2.72. The van der Waals surface area contributed by atoms with Gasteiger partial charge in [-0.2, -0.15) is 0 Å². The largest absolute Gasteiger partial charge is 1.00 e. The van der Waals surface area contributed by atoms with Gasteiger partial charge in [-0.25, -0.2) is 0 Å². The van der Waals surface area contributed by atoms with E-state index in [0.717, 1.165) is 19.3 Å². The second-order valence-corrected chi connectivity index (χ2v) is 6.88. The molecule has 0 spiro atoms. The Morgan fingerprint density at radius 2 is 1.21 bits per heavy atom. The van der Waals surface area contributed by atoms with Crippen LogP contribution >= 0.6 is 0 Å². The van der Waals surface area contributed by atoms with Crippen LogP contribution in [0.4, 0.5) is 0 Å². The van der Waals surface area contributed by atoms with Crippen molar-refractivity contribution >= 4 is 17.9 Å². The average molecular weight is 410 g/mol. The van der Waals surface area contributed by atoms with Gasteiger partial charge >= 0.3 is 41.5 Å². The van der Waals surface area contributed by atoms with E-state index in [4.69, 9.17) is 4.74 Å². The predicted molar refractivity (Wildman–Crippen MR) is 98.6 cm³/mol. The van der Waals surface area contributed by atoms with Gasteiger partial charge in [0.1, 0.15) is 5.60 Å². The summed E-state index contributed by atoms with van der Waals surface area (Å²) in [5, 5.41) is 21.0. The fraction of sp³-hybridized carbons (Fsp3) is 0.850. The summed E-state index contributed by atoms with van der Waals surface area (Å²) >= 11 is 0. The zero-order valence-corrected chi connectivity index (χ0v) is 19.8. The number of rotatable bonds is 17. The number of aliphatic hydroxyl groups is 1. The number of carbonyl (C=O) groups excluding carboxylic acids is 3. The van der Waals surface area contributed by atoms with Crippen LogP contribution < -0.4 is 34.7 Å². The number of aliphatic carboxylic acids is 1. The summed E-state index contributed by atoms with van der Waals surface area (Å²) in [4.78, 5) is 34.2. The minimum absolute atomic E-state index is 0. The van der Waals surface area contributed by atoms with Crippen LogP contribution in [0.3, 0.4) is 0 Å². The molecule has 0 aliphatic rings.